The van der Waals surface area contributed by atoms with Crippen molar-refractivity contribution in [2.45, 2.75) is 44.6 Å². The van der Waals surface area contributed by atoms with E-state index in [0.717, 1.165) is 39.1 Å². The first kappa shape index (κ1) is 18.9. The maximum atomic E-state index is 12.7. The molecule has 1 saturated heterocycles. The Morgan fingerprint density at radius 3 is 2.58 bits per heavy atom. The van der Waals surface area contributed by atoms with Gasteiger partial charge in [-0.3, -0.25) is 14.5 Å². The standard InChI is InChI=1S/C20H29N3O3/c1-16(24)22-18-7-5-6-17(14-18)19(25)21-15-20(8-3-2-4-9-20)23-10-12-26-13-11-23/h5-7,14H,2-4,8-13,15H2,1H3,(H,21,25)(H,22,24). The number of hydrogen-bond donors (Lipinski definition) is 2. The fourth-order valence-electron chi connectivity index (χ4n) is 4.14. The molecule has 1 aliphatic heterocycles. The highest BCUT2D eigenvalue weighted by molar-refractivity contribution is 5.96. The summed E-state index contributed by atoms with van der Waals surface area (Å²) >= 11 is 0. The normalized spacial score (nSPS) is 20.3. The van der Waals surface area contributed by atoms with Crippen LogP contribution in [0.25, 0.3) is 0 Å². The summed E-state index contributed by atoms with van der Waals surface area (Å²) in [4.78, 5) is 26.4. The van der Waals surface area contributed by atoms with Crippen LogP contribution in [-0.2, 0) is 9.53 Å². The monoisotopic (exact) mass is 359 g/mol. The summed E-state index contributed by atoms with van der Waals surface area (Å²) in [5.41, 5.74) is 1.27. The van der Waals surface area contributed by atoms with Crippen LogP contribution < -0.4 is 10.6 Å². The van der Waals surface area contributed by atoms with E-state index in [0.29, 0.717) is 17.8 Å². The van der Waals surface area contributed by atoms with Crippen LogP contribution in [0.3, 0.4) is 0 Å². The first-order chi connectivity index (χ1) is 12.6. The Kier molecular flexibility index (Phi) is 6.27. The quantitative estimate of drug-likeness (QED) is 0.847. The molecule has 1 aliphatic carbocycles. The van der Waals surface area contributed by atoms with Gasteiger partial charge in [-0.15, -0.1) is 0 Å². The average molecular weight is 359 g/mol. The van der Waals surface area contributed by atoms with Gasteiger partial charge >= 0.3 is 0 Å². The maximum absolute atomic E-state index is 12.7. The van der Waals surface area contributed by atoms with Gasteiger partial charge in [-0.2, -0.15) is 0 Å². The summed E-state index contributed by atoms with van der Waals surface area (Å²) in [5.74, 6) is -0.230. The topological polar surface area (TPSA) is 70.7 Å². The van der Waals surface area contributed by atoms with Crippen molar-refractivity contribution in [3.8, 4) is 0 Å². The first-order valence-electron chi connectivity index (χ1n) is 9.58. The zero-order valence-electron chi connectivity index (χ0n) is 15.6. The highest BCUT2D eigenvalue weighted by atomic mass is 16.5. The van der Waals surface area contributed by atoms with E-state index < -0.39 is 0 Å². The number of benzene rings is 1. The SMILES string of the molecule is CC(=O)Nc1cccc(C(=O)NCC2(N3CCOCC3)CCCCC2)c1. The fraction of sp³-hybridized carbons (Fsp3) is 0.600. The van der Waals surface area contributed by atoms with E-state index in [9.17, 15) is 9.59 Å². The Labute approximate surface area is 155 Å². The predicted octanol–water partition coefficient (Wildman–Crippen LogP) is 2.41. The highest BCUT2D eigenvalue weighted by Gasteiger charge is 2.38. The zero-order valence-corrected chi connectivity index (χ0v) is 15.6. The van der Waals surface area contributed by atoms with E-state index in [2.05, 4.69) is 15.5 Å². The van der Waals surface area contributed by atoms with Crippen molar-refractivity contribution >= 4 is 17.5 Å². The number of hydrogen-bond acceptors (Lipinski definition) is 4. The molecule has 6 nitrogen and oxygen atoms in total. The van der Waals surface area contributed by atoms with Crippen LogP contribution >= 0.6 is 0 Å². The molecule has 0 radical (unpaired) electrons. The molecule has 2 aliphatic rings. The second kappa shape index (κ2) is 8.64. The molecule has 0 spiro atoms. The fourth-order valence-corrected chi connectivity index (χ4v) is 4.14. The largest absolute Gasteiger partial charge is 0.379 e. The van der Waals surface area contributed by atoms with Crippen molar-refractivity contribution < 1.29 is 14.3 Å². The zero-order chi connectivity index (χ0) is 18.4. The Morgan fingerprint density at radius 2 is 1.88 bits per heavy atom. The molecule has 1 aromatic rings. The number of nitrogens with one attached hydrogen (secondary N) is 2. The van der Waals surface area contributed by atoms with Gasteiger partial charge < -0.3 is 15.4 Å². The predicted molar refractivity (Wildman–Crippen MR) is 101 cm³/mol. The van der Waals surface area contributed by atoms with Crippen molar-refractivity contribution in [1.82, 2.24) is 10.2 Å². The second-order valence-corrected chi connectivity index (χ2v) is 7.33. The van der Waals surface area contributed by atoms with Gasteiger partial charge in [0.1, 0.15) is 0 Å². The van der Waals surface area contributed by atoms with E-state index in [1.807, 2.05) is 0 Å². The maximum Gasteiger partial charge on any atom is 0.251 e. The van der Waals surface area contributed by atoms with Gasteiger partial charge in [-0.25, -0.2) is 0 Å². The third-order valence-electron chi connectivity index (χ3n) is 5.49. The van der Waals surface area contributed by atoms with Crippen molar-refractivity contribution in [1.29, 1.82) is 0 Å². The smallest absolute Gasteiger partial charge is 0.251 e. The average Bonchev–Trinajstić information content (AvgIpc) is 2.67. The summed E-state index contributed by atoms with van der Waals surface area (Å²) < 4.78 is 5.51. The minimum atomic E-state index is -0.143. The van der Waals surface area contributed by atoms with Gasteiger partial charge in [0, 0.05) is 43.3 Å². The van der Waals surface area contributed by atoms with Crippen molar-refractivity contribution in [2.24, 2.45) is 0 Å². The molecule has 0 unspecified atom stereocenters. The lowest BCUT2D eigenvalue weighted by Crippen LogP contribution is -2.59. The molecule has 6 heteroatoms. The van der Waals surface area contributed by atoms with Gasteiger partial charge in [0.25, 0.3) is 5.91 Å². The number of ether oxygens (including phenoxy) is 1. The molecule has 3 rings (SSSR count). The number of anilines is 1. The molecular formula is C20H29N3O3. The molecule has 0 aromatic heterocycles. The summed E-state index contributed by atoms with van der Waals surface area (Å²) in [7, 11) is 0. The van der Waals surface area contributed by atoms with E-state index in [1.54, 1.807) is 24.3 Å². The summed E-state index contributed by atoms with van der Waals surface area (Å²) in [6.45, 7) is 5.54. The third kappa shape index (κ3) is 4.62. The van der Waals surface area contributed by atoms with Gasteiger partial charge in [-0.1, -0.05) is 25.3 Å². The van der Waals surface area contributed by atoms with Crippen LogP contribution in [0.1, 0.15) is 49.4 Å². The van der Waals surface area contributed by atoms with Crippen LogP contribution in [0.5, 0.6) is 0 Å². The van der Waals surface area contributed by atoms with Crippen LogP contribution in [0, 0.1) is 0 Å². The first-order valence-corrected chi connectivity index (χ1v) is 9.58. The number of carbonyl (C=O) groups is 2. The van der Waals surface area contributed by atoms with Crippen molar-refractivity contribution in [2.75, 3.05) is 38.2 Å². The summed E-state index contributed by atoms with van der Waals surface area (Å²) in [5, 5.41) is 5.88. The van der Waals surface area contributed by atoms with Gasteiger partial charge in [-0.05, 0) is 31.0 Å². The van der Waals surface area contributed by atoms with Crippen LogP contribution in [0.15, 0.2) is 24.3 Å². The van der Waals surface area contributed by atoms with E-state index >= 15 is 0 Å². The molecule has 142 valence electrons. The Bertz CT molecular complexity index is 635. The van der Waals surface area contributed by atoms with Crippen molar-refractivity contribution in [3.63, 3.8) is 0 Å². The molecule has 0 bridgehead atoms. The molecule has 1 heterocycles. The Balaban J connectivity index is 1.66. The van der Waals surface area contributed by atoms with Gasteiger partial charge in [0.05, 0.1) is 13.2 Å². The Hall–Kier alpha value is -1.92. The van der Waals surface area contributed by atoms with Crippen molar-refractivity contribution in [3.05, 3.63) is 29.8 Å². The number of carbonyl (C=O) groups excluding carboxylic acids is 2. The molecule has 26 heavy (non-hydrogen) atoms. The second-order valence-electron chi connectivity index (χ2n) is 7.33. The molecular weight excluding hydrogens is 330 g/mol. The Morgan fingerprint density at radius 1 is 1.15 bits per heavy atom. The molecule has 2 N–H and O–H groups in total. The summed E-state index contributed by atoms with van der Waals surface area (Å²) in [6, 6.07) is 7.08. The van der Waals surface area contributed by atoms with Crippen LogP contribution in [0.4, 0.5) is 5.69 Å². The van der Waals surface area contributed by atoms with E-state index in [-0.39, 0.29) is 17.4 Å². The van der Waals surface area contributed by atoms with E-state index in [4.69, 9.17) is 4.74 Å². The van der Waals surface area contributed by atoms with Gasteiger partial charge in [0.2, 0.25) is 5.91 Å². The lowest BCUT2D eigenvalue weighted by Gasteiger charge is -2.48. The molecule has 1 aromatic carbocycles. The lowest BCUT2D eigenvalue weighted by atomic mass is 9.79. The minimum Gasteiger partial charge on any atom is -0.379 e. The number of nitrogens with zero attached hydrogens (tertiary/aromatic N) is 1. The molecule has 1 saturated carbocycles. The van der Waals surface area contributed by atoms with E-state index in [1.165, 1.54) is 26.2 Å². The highest BCUT2D eigenvalue weighted by Crippen LogP contribution is 2.34. The molecule has 2 amide bonds. The third-order valence-corrected chi connectivity index (χ3v) is 5.49. The lowest BCUT2D eigenvalue weighted by molar-refractivity contribution is -0.114. The van der Waals surface area contributed by atoms with Gasteiger partial charge in [0.15, 0.2) is 0 Å². The number of morpholine rings is 1. The van der Waals surface area contributed by atoms with Crippen LogP contribution in [0.2, 0.25) is 0 Å². The molecule has 0 atom stereocenters. The number of amides is 2. The van der Waals surface area contributed by atoms with Crippen LogP contribution in [-0.4, -0.2) is 55.1 Å². The summed E-state index contributed by atoms with van der Waals surface area (Å²) in [6.07, 6.45) is 5.95. The number of rotatable bonds is 5. The minimum absolute atomic E-state index is 0.0485. The molecule has 2 fully saturated rings.